The fourth-order valence-electron chi connectivity index (χ4n) is 15.7. The first-order valence-corrected chi connectivity index (χ1v) is 39.4. The summed E-state index contributed by atoms with van der Waals surface area (Å²) >= 11 is 0. The van der Waals surface area contributed by atoms with E-state index >= 15 is 19.2 Å². The third-order valence-electron chi connectivity index (χ3n) is 21.5. The standard InChI is InChI=1S/C103H66O21/c1-2-53-110-79-56-65(60-85-89(79)120-99(116-85,69-33-13-3-14-34-69)70-35-15-4-16-36-70)95(106)112-81-58-67(62-87-91(81)122-101(118-87,73-41-21-7-22-42-73)74-43-23-8-24-44-74)97(108)114-83-59-68(63-88-93(83)124-103(119-88,77-49-29-11-30-50-77)78-51-31-12-32-52-78)98(109)113-82-57-66(61-86-92(82)123-102(117-86,75-45-25-9-26-46-75)76-47-27-10-28-48-76)96(107)111-80-54-64(94(104)105)55-84-90(80)121-100(115-84,71-37-17-5-18-38-71)72-39-19-6-20-40-72/h2-52,54-63H,1,53H2,(H,104,105). The predicted octanol–water partition coefficient (Wildman–Crippen LogP) is 20.2. The van der Waals surface area contributed by atoms with Crippen molar-refractivity contribution in [2.24, 2.45) is 0 Å². The summed E-state index contributed by atoms with van der Waals surface area (Å²) in [5.74, 6) is -16.3. The maximum atomic E-state index is 16.0. The Morgan fingerprint density at radius 3 is 0.597 bits per heavy atom. The van der Waals surface area contributed by atoms with Crippen LogP contribution in [0, 0.1) is 0 Å². The average molecular weight is 1640 g/mol. The highest BCUT2D eigenvalue weighted by Crippen LogP contribution is 2.60. The molecule has 0 unspecified atom stereocenters. The van der Waals surface area contributed by atoms with Gasteiger partial charge in [0.15, 0.2) is 57.5 Å². The molecule has 21 nitrogen and oxygen atoms in total. The molecule has 0 atom stereocenters. The SMILES string of the molecule is C=CCOc1cc(C(=O)Oc2cc(C(=O)Oc3cc(C(=O)Oc4cc(C(=O)Oc5cc(C(=O)O)cc6c5OC(c5ccccc5)(c5ccccc5)O6)cc5c4OC(c4ccccc4)(c4ccccc4)O5)cc4c3OC(c3ccccc3)(c3ccccc3)O4)cc3c2OC(c2ccccc2)(c2ccccc2)O3)cc2c1OC(c1ccccc1)(c1ccccc1)O2. The van der Waals surface area contributed by atoms with Crippen LogP contribution in [0.4, 0.5) is 0 Å². The number of carbonyl (C=O) groups is 5. The molecule has 0 amide bonds. The van der Waals surface area contributed by atoms with Crippen molar-refractivity contribution < 1.29 is 100 Å². The van der Waals surface area contributed by atoms with Crippen molar-refractivity contribution in [1.82, 2.24) is 0 Å². The van der Waals surface area contributed by atoms with E-state index in [0.29, 0.717) is 55.6 Å². The van der Waals surface area contributed by atoms with Gasteiger partial charge in [-0.25, -0.2) is 24.0 Å². The molecule has 0 radical (unpaired) electrons. The second-order valence-electron chi connectivity index (χ2n) is 29.2. The molecule has 0 spiro atoms. The molecule has 0 fully saturated rings. The second-order valence-corrected chi connectivity index (χ2v) is 29.2. The lowest BCUT2D eigenvalue weighted by atomic mass is 9.97. The van der Waals surface area contributed by atoms with Gasteiger partial charge in [0.05, 0.1) is 27.8 Å². The third-order valence-corrected chi connectivity index (χ3v) is 21.5. The molecule has 15 aromatic rings. The number of hydrogen-bond acceptors (Lipinski definition) is 20. The maximum Gasteiger partial charge on any atom is 0.343 e. The number of benzene rings is 15. The van der Waals surface area contributed by atoms with E-state index in [1.165, 1.54) is 60.7 Å². The van der Waals surface area contributed by atoms with E-state index in [0.717, 1.165) is 6.07 Å². The fraction of sp³-hybridized carbons (Fsp3) is 0.0583. The van der Waals surface area contributed by atoms with E-state index in [2.05, 4.69) is 6.58 Å². The van der Waals surface area contributed by atoms with Gasteiger partial charge in [-0.05, 0) is 60.7 Å². The van der Waals surface area contributed by atoms with Crippen LogP contribution in [0.15, 0.2) is 377 Å². The van der Waals surface area contributed by atoms with E-state index in [-0.39, 0.29) is 109 Å². The van der Waals surface area contributed by atoms with Crippen LogP contribution in [0.1, 0.15) is 107 Å². The molecule has 0 saturated heterocycles. The van der Waals surface area contributed by atoms with Crippen LogP contribution in [0.3, 0.4) is 0 Å². The molecule has 604 valence electrons. The normalized spacial score (nSPS) is 14.7. The minimum Gasteiger partial charge on any atom is -0.485 e. The third kappa shape index (κ3) is 13.3. The highest BCUT2D eigenvalue weighted by molar-refractivity contribution is 5.99. The number of hydrogen-bond donors (Lipinski definition) is 1. The minimum absolute atomic E-state index is 0.00637. The molecule has 21 heteroatoms. The molecule has 1 N–H and O–H groups in total. The van der Waals surface area contributed by atoms with Gasteiger partial charge >= 0.3 is 58.8 Å². The Morgan fingerprint density at radius 2 is 0.411 bits per heavy atom. The summed E-state index contributed by atoms with van der Waals surface area (Å²) in [4.78, 5) is 75.8. The first-order valence-electron chi connectivity index (χ1n) is 39.4. The smallest absolute Gasteiger partial charge is 0.343 e. The summed E-state index contributed by atoms with van der Waals surface area (Å²) in [6.45, 7) is 3.86. The van der Waals surface area contributed by atoms with Gasteiger partial charge in [-0.1, -0.05) is 316 Å². The van der Waals surface area contributed by atoms with Crippen LogP contribution < -0.4 is 71.1 Å². The maximum absolute atomic E-state index is 16.0. The Balaban J connectivity index is 0.699. The van der Waals surface area contributed by atoms with Gasteiger partial charge in [-0.15, -0.1) is 0 Å². The average Bonchev–Trinajstić information content (AvgIpc) is 1.61. The largest absolute Gasteiger partial charge is 0.485 e. The zero-order valence-electron chi connectivity index (χ0n) is 65.2. The van der Waals surface area contributed by atoms with Gasteiger partial charge in [0, 0.05) is 55.6 Å². The molecule has 5 aliphatic heterocycles. The molecule has 124 heavy (non-hydrogen) atoms. The number of carboxylic acids is 1. The van der Waals surface area contributed by atoms with E-state index in [4.69, 9.17) is 71.1 Å². The summed E-state index contributed by atoms with van der Waals surface area (Å²) in [6.07, 6.45) is 1.54. The van der Waals surface area contributed by atoms with Crippen molar-refractivity contribution in [3.63, 3.8) is 0 Å². The molecule has 0 aromatic heterocycles. The molecule has 0 bridgehead atoms. The first kappa shape index (κ1) is 75.9. The number of esters is 4. The highest BCUT2D eigenvalue weighted by Gasteiger charge is 2.54. The Bertz CT molecular complexity index is 6490. The number of carboxylic acid groups (broad SMARTS) is 1. The van der Waals surface area contributed by atoms with Gasteiger partial charge < -0.3 is 76.2 Å². The number of aromatic carboxylic acids is 1. The highest BCUT2D eigenvalue weighted by atomic mass is 16.8. The van der Waals surface area contributed by atoms with Crippen LogP contribution in [0.5, 0.6) is 86.2 Å². The predicted molar refractivity (Wildman–Crippen MR) is 449 cm³/mol. The lowest BCUT2D eigenvalue weighted by molar-refractivity contribution is -0.0470. The minimum atomic E-state index is -1.83. The lowest BCUT2D eigenvalue weighted by Gasteiger charge is -2.28. The molecule has 0 aliphatic carbocycles. The van der Waals surface area contributed by atoms with Crippen molar-refractivity contribution in [3.8, 4) is 86.2 Å². The summed E-state index contributed by atoms with van der Waals surface area (Å²) in [5, 5.41) is 10.6. The van der Waals surface area contributed by atoms with Crippen molar-refractivity contribution in [2.75, 3.05) is 6.61 Å². The Morgan fingerprint density at radius 1 is 0.242 bits per heavy atom. The molecular weight excluding hydrogens is 1570 g/mol. The molecule has 0 saturated carbocycles. The van der Waals surface area contributed by atoms with Crippen LogP contribution in [0.2, 0.25) is 0 Å². The van der Waals surface area contributed by atoms with Gasteiger partial charge in [-0.3, -0.25) is 0 Å². The summed E-state index contributed by atoms with van der Waals surface area (Å²) in [5.41, 5.74) is 4.02. The fourth-order valence-corrected chi connectivity index (χ4v) is 15.7. The summed E-state index contributed by atoms with van der Waals surface area (Å²) in [6, 6.07) is 104. The number of fused-ring (bicyclic) bond motifs is 5. The molecule has 5 aliphatic rings. The van der Waals surface area contributed by atoms with Gasteiger partial charge in [-0.2, -0.15) is 0 Å². The van der Waals surface area contributed by atoms with E-state index < -0.39 is 70.3 Å². The Hall–Kier alpha value is -16.8. The summed E-state index contributed by atoms with van der Waals surface area (Å²) < 4.78 is 101. The van der Waals surface area contributed by atoms with E-state index in [9.17, 15) is 9.90 Å². The number of carbonyl (C=O) groups excluding carboxylic acids is 4. The number of rotatable bonds is 22. The molecule has 5 heterocycles. The van der Waals surface area contributed by atoms with Crippen LogP contribution in [-0.2, 0) is 28.9 Å². The second kappa shape index (κ2) is 30.8. The Labute approximate surface area is 708 Å². The monoisotopic (exact) mass is 1640 g/mol. The van der Waals surface area contributed by atoms with Gasteiger partial charge in [0.1, 0.15) is 6.61 Å². The van der Waals surface area contributed by atoms with Crippen molar-refractivity contribution in [3.05, 3.63) is 460 Å². The van der Waals surface area contributed by atoms with Crippen molar-refractivity contribution in [1.29, 1.82) is 0 Å². The topological polar surface area (TPSA) is 244 Å². The van der Waals surface area contributed by atoms with Crippen molar-refractivity contribution >= 4 is 29.8 Å². The molecular formula is C103H66O21. The lowest BCUT2D eigenvalue weighted by Crippen LogP contribution is -2.36. The molecule has 15 aromatic carbocycles. The Kier molecular flexibility index (Phi) is 18.9. The zero-order valence-corrected chi connectivity index (χ0v) is 65.2. The van der Waals surface area contributed by atoms with E-state index in [1.807, 2.05) is 133 Å². The van der Waals surface area contributed by atoms with E-state index in [1.54, 1.807) is 170 Å². The van der Waals surface area contributed by atoms with Gasteiger partial charge in [0.2, 0.25) is 28.7 Å². The quantitative estimate of drug-likeness (QED) is 0.0376. The van der Waals surface area contributed by atoms with Gasteiger partial charge in [0.25, 0.3) is 0 Å². The van der Waals surface area contributed by atoms with Crippen LogP contribution >= 0.6 is 0 Å². The molecule has 20 rings (SSSR count). The van der Waals surface area contributed by atoms with Crippen molar-refractivity contribution in [2.45, 2.75) is 28.9 Å². The summed E-state index contributed by atoms with van der Waals surface area (Å²) in [7, 11) is 0. The first-order chi connectivity index (χ1) is 60.7. The number of ether oxygens (including phenoxy) is 15. The van der Waals surface area contributed by atoms with Crippen LogP contribution in [-0.4, -0.2) is 41.6 Å². The zero-order chi connectivity index (χ0) is 84.2. The van der Waals surface area contributed by atoms with Crippen LogP contribution in [0.25, 0.3) is 0 Å².